The first-order valence-electron chi connectivity index (χ1n) is 8.75. The molecule has 1 N–H and O–H groups in total. The third-order valence-corrected chi connectivity index (χ3v) is 5.03. The number of fused-ring (bicyclic) bond motifs is 1. The van der Waals surface area contributed by atoms with Crippen molar-refractivity contribution in [2.75, 3.05) is 25.4 Å². The number of likely N-dealkylation sites (tertiary alicyclic amines) is 1. The molecule has 2 heterocycles. The van der Waals surface area contributed by atoms with Gasteiger partial charge in [-0.05, 0) is 31.4 Å². The average molecular weight is 361 g/mol. The third-order valence-electron chi connectivity index (χ3n) is 4.20. The smallest absolute Gasteiger partial charge is 0.257 e. The molecule has 25 heavy (non-hydrogen) atoms. The number of carbonyl (C=O) groups excluding carboxylic acids is 2. The molecular weight excluding hydrogens is 338 g/mol. The Morgan fingerprint density at radius 2 is 2.16 bits per heavy atom. The number of para-hydroxylation sites is 2. The summed E-state index contributed by atoms with van der Waals surface area (Å²) in [5, 5.41) is 3.40. The van der Waals surface area contributed by atoms with Gasteiger partial charge in [0.05, 0.1) is 5.75 Å². The van der Waals surface area contributed by atoms with E-state index in [4.69, 9.17) is 4.42 Å². The zero-order chi connectivity index (χ0) is 17.5. The molecule has 1 aromatic heterocycles. The molecule has 6 nitrogen and oxygen atoms in total. The fourth-order valence-corrected chi connectivity index (χ4v) is 3.53. The standard InChI is InChI=1S/C18H23N3O3S/c22-16(13-25-18-20-14-7-3-4-8-15(14)24-18)19-10-6-12-21-11-5-1-2-9-17(21)23/h3-4,7-8H,1-2,5-6,9-13H2,(H,19,22). The molecule has 0 radical (unpaired) electrons. The minimum Gasteiger partial charge on any atom is -0.431 e. The van der Waals surface area contributed by atoms with Crippen molar-refractivity contribution in [2.45, 2.75) is 37.3 Å². The molecule has 1 fully saturated rings. The van der Waals surface area contributed by atoms with Crippen LogP contribution in [0.1, 0.15) is 32.1 Å². The Morgan fingerprint density at radius 3 is 3.04 bits per heavy atom. The van der Waals surface area contributed by atoms with Gasteiger partial charge in [-0.25, -0.2) is 4.98 Å². The second-order valence-electron chi connectivity index (χ2n) is 6.13. The minimum atomic E-state index is -0.0468. The Balaban J connectivity index is 1.34. The van der Waals surface area contributed by atoms with Gasteiger partial charge < -0.3 is 14.6 Å². The lowest BCUT2D eigenvalue weighted by molar-refractivity contribution is -0.130. The molecule has 1 aliphatic heterocycles. The van der Waals surface area contributed by atoms with E-state index in [1.54, 1.807) is 0 Å². The highest BCUT2D eigenvalue weighted by atomic mass is 32.2. The van der Waals surface area contributed by atoms with Crippen molar-refractivity contribution in [3.8, 4) is 0 Å². The van der Waals surface area contributed by atoms with Crippen LogP contribution in [0.25, 0.3) is 11.1 Å². The van der Waals surface area contributed by atoms with E-state index < -0.39 is 0 Å². The highest BCUT2D eigenvalue weighted by Gasteiger charge is 2.15. The van der Waals surface area contributed by atoms with Crippen molar-refractivity contribution in [3.05, 3.63) is 24.3 Å². The van der Waals surface area contributed by atoms with Crippen LogP contribution < -0.4 is 5.32 Å². The topological polar surface area (TPSA) is 75.4 Å². The molecule has 0 saturated carbocycles. The number of benzene rings is 1. The third kappa shape index (κ3) is 5.22. The van der Waals surface area contributed by atoms with Crippen LogP contribution in [0, 0.1) is 0 Å². The summed E-state index contributed by atoms with van der Waals surface area (Å²) in [5.74, 6) is 0.472. The monoisotopic (exact) mass is 361 g/mol. The number of thioether (sulfide) groups is 1. The van der Waals surface area contributed by atoms with Gasteiger partial charge in [-0.3, -0.25) is 9.59 Å². The van der Waals surface area contributed by atoms with Crippen molar-refractivity contribution < 1.29 is 14.0 Å². The number of rotatable bonds is 7. The van der Waals surface area contributed by atoms with Gasteiger partial charge in [0.1, 0.15) is 5.52 Å². The van der Waals surface area contributed by atoms with Crippen LogP contribution >= 0.6 is 11.8 Å². The van der Waals surface area contributed by atoms with Crippen molar-refractivity contribution >= 4 is 34.7 Å². The number of oxazole rings is 1. The van der Waals surface area contributed by atoms with Gasteiger partial charge in [0.15, 0.2) is 5.58 Å². The predicted octanol–water partition coefficient (Wildman–Crippen LogP) is 2.83. The van der Waals surface area contributed by atoms with E-state index in [0.717, 1.165) is 49.9 Å². The van der Waals surface area contributed by atoms with Crippen molar-refractivity contribution in [2.24, 2.45) is 0 Å². The molecule has 7 heteroatoms. The van der Waals surface area contributed by atoms with E-state index in [9.17, 15) is 9.59 Å². The van der Waals surface area contributed by atoms with Gasteiger partial charge >= 0.3 is 0 Å². The summed E-state index contributed by atoms with van der Waals surface area (Å²) >= 11 is 1.29. The first-order valence-corrected chi connectivity index (χ1v) is 9.74. The molecule has 1 aliphatic rings. The molecular formula is C18H23N3O3S. The zero-order valence-electron chi connectivity index (χ0n) is 14.2. The van der Waals surface area contributed by atoms with E-state index in [-0.39, 0.29) is 17.6 Å². The Kier molecular flexibility index (Phi) is 6.33. The van der Waals surface area contributed by atoms with Crippen LogP contribution in [0.3, 0.4) is 0 Å². The van der Waals surface area contributed by atoms with Crippen LogP contribution in [0.5, 0.6) is 0 Å². The molecule has 0 atom stereocenters. The molecule has 1 saturated heterocycles. The maximum absolute atomic E-state index is 11.9. The van der Waals surface area contributed by atoms with Gasteiger partial charge in [0, 0.05) is 26.1 Å². The van der Waals surface area contributed by atoms with Crippen molar-refractivity contribution in [3.63, 3.8) is 0 Å². The fraction of sp³-hybridized carbons (Fsp3) is 0.500. The second-order valence-corrected chi connectivity index (χ2v) is 7.06. The Morgan fingerprint density at radius 1 is 1.28 bits per heavy atom. The molecule has 134 valence electrons. The number of hydrogen-bond donors (Lipinski definition) is 1. The number of hydrogen-bond acceptors (Lipinski definition) is 5. The maximum atomic E-state index is 11.9. The first kappa shape index (κ1) is 17.8. The Hall–Kier alpha value is -2.02. The number of carbonyl (C=O) groups is 2. The maximum Gasteiger partial charge on any atom is 0.257 e. The van der Waals surface area contributed by atoms with Gasteiger partial charge in [0.2, 0.25) is 11.8 Å². The summed E-state index contributed by atoms with van der Waals surface area (Å²) in [5.41, 5.74) is 1.53. The SMILES string of the molecule is O=C(CSc1nc2ccccc2o1)NCCCN1CCCCCC1=O. The Bertz CT molecular complexity index is 698. The molecule has 2 aromatic rings. The van der Waals surface area contributed by atoms with Crippen LogP contribution in [-0.4, -0.2) is 47.1 Å². The number of amides is 2. The lowest BCUT2D eigenvalue weighted by Crippen LogP contribution is -2.34. The lowest BCUT2D eigenvalue weighted by atomic mass is 10.2. The number of aromatic nitrogens is 1. The number of nitrogens with one attached hydrogen (secondary N) is 1. The van der Waals surface area contributed by atoms with Gasteiger partial charge in [0.25, 0.3) is 5.22 Å². The van der Waals surface area contributed by atoms with E-state index in [2.05, 4.69) is 10.3 Å². The number of nitrogens with zero attached hydrogens (tertiary/aromatic N) is 2. The molecule has 3 rings (SSSR count). The van der Waals surface area contributed by atoms with Crippen molar-refractivity contribution in [1.29, 1.82) is 0 Å². The summed E-state index contributed by atoms with van der Waals surface area (Å²) < 4.78 is 5.57. The van der Waals surface area contributed by atoms with E-state index >= 15 is 0 Å². The van der Waals surface area contributed by atoms with Crippen LogP contribution in [0.2, 0.25) is 0 Å². The molecule has 0 unspecified atom stereocenters. The molecule has 0 spiro atoms. The summed E-state index contributed by atoms with van der Waals surface area (Å²) in [4.78, 5) is 30.1. The summed E-state index contributed by atoms with van der Waals surface area (Å²) in [7, 11) is 0. The van der Waals surface area contributed by atoms with E-state index in [1.807, 2.05) is 29.2 Å². The van der Waals surface area contributed by atoms with Gasteiger partial charge in [-0.15, -0.1) is 0 Å². The zero-order valence-corrected chi connectivity index (χ0v) is 15.0. The molecule has 1 aromatic carbocycles. The average Bonchev–Trinajstić information content (AvgIpc) is 2.93. The van der Waals surface area contributed by atoms with Crippen molar-refractivity contribution in [1.82, 2.24) is 15.2 Å². The van der Waals surface area contributed by atoms with Gasteiger partial charge in [-0.1, -0.05) is 30.3 Å². The lowest BCUT2D eigenvalue weighted by Gasteiger charge is -2.20. The fourth-order valence-electron chi connectivity index (χ4n) is 2.86. The molecule has 0 bridgehead atoms. The highest BCUT2D eigenvalue weighted by molar-refractivity contribution is 7.99. The summed E-state index contributed by atoms with van der Waals surface area (Å²) in [6.07, 6.45) is 4.66. The summed E-state index contributed by atoms with van der Waals surface area (Å²) in [6, 6.07) is 7.54. The van der Waals surface area contributed by atoms with Gasteiger partial charge in [-0.2, -0.15) is 0 Å². The highest BCUT2D eigenvalue weighted by Crippen LogP contribution is 2.22. The predicted molar refractivity (Wildman–Crippen MR) is 97.4 cm³/mol. The Labute approximate surface area is 151 Å². The van der Waals surface area contributed by atoms with E-state index in [1.165, 1.54) is 11.8 Å². The normalized spacial score (nSPS) is 15.4. The molecule has 0 aliphatic carbocycles. The summed E-state index contributed by atoms with van der Waals surface area (Å²) in [6.45, 7) is 2.15. The largest absolute Gasteiger partial charge is 0.431 e. The van der Waals surface area contributed by atoms with Crippen LogP contribution in [0.4, 0.5) is 0 Å². The minimum absolute atomic E-state index is 0.0468. The molecule has 2 amide bonds. The quantitative estimate of drug-likeness (QED) is 0.606. The van der Waals surface area contributed by atoms with Crippen LogP contribution in [-0.2, 0) is 9.59 Å². The van der Waals surface area contributed by atoms with Crippen LogP contribution in [0.15, 0.2) is 33.9 Å². The second kappa shape index (κ2) is 8.89. The first-order chi connectivity index (χ1) is 12.2. The van der Waals surface area contributed by atoms with E-state index in [0.29, 0.717) is 18.2 Å².